The lowest BCUT2D eigenvalue weighted by atomic mass is 9.84. The molecule has 0 saturated carbocycles. The molecule has 20 heavy (non-hydrogen) atoms. The zero-order chi connectivity index (χ0) is 15.0. The molecule has 1 N–H and O–H groups in total. The lowest BCUT2D eigenvalue weighted by Gasteiger charge is -2.40. The third-order valence-electron chi connectivity index (χ3n) is 4.26. The molecule has 3 heteroatoms. The van der Waals surface area contributed by atoms with Gasteiger partial charge in [0, 0.05) is 32.3 Å². The Balaban J connectivity index is 2.50. The molecule has 1 aliphatic heterocycles. The maximum absolute atomic E-state index is 5.83. The van der Waals surface area contributed by atoms with E-state index in [0.29, 0.717) is 17.6 Å². The largest absolute Gasteiger partial charge is 0.377 e. The van der Waals surface area contributed by atoms with Crippen LogP contribution in [-0.4, -0.2) is 49.8 Å². The van der Waals surface area contributed by atoms with Crippen molar-refractivity contribution in [2.45, 2.75) is 72.4 Å². The fraction of sp³-hybridized carbons (Fsp3) is 1.00. The van der Waals surface area contributed by atoms with Crippen molar-refractivity contribution in [3.8, 4) is 0 Å². The number of hydrogen-bond donors (Lipinski definition) is 1. The highest BCUT2D eigenvalue weighted by molar-refractivity contribution is 4.84. The summed E-state index contributed by atoms with van der Waals surface area (Å²) in [6.07, 6.45) is 5.53. The Morgan fingerprint density at radius 1 is 1.35 bits per heavy atom. The molecular weight excluding hydrogens is 248 g/mol. The number of likely N-dealkylation sites (tertiary alicyclic amines) is 1. The molecule has 3 nitrogen and oxygen atoms in total. The van der Waals surface area contributed by atoms with E-state index in [-0.39, 0.29) is 0 Å². The van der Waals surface area contributed by atoms with Crippen LogP contribution in [0.1, 0.15) is 60.3 Å². The van der Waals surface area contributed by atoms with Gasteiger partial charge < -0.3 is 15.0 Å². The number of ether oxygens (including phenoxy) is 1. The lowest BCUT2D eigenvalue weighted by Crippen LogP contribution is -2.48. The summed E-state index contributed by atoms with van der Waals surface area (Å²) in [6.45, 7) is 16.8. The minimum atomic E-state index is 0.382. The first-order chi connectivity index (χ1) is 9.49. The van der Waals surface area contributed by atoms with Gasteiger partial charge >= 0.3 is 0 Å². The van der Waals surface area contributed by atoms with E-state index >= 15 is 0 Å². The standard InChI is InChI=1S/C17H36N2O/c1-6-10-17(5,13-18-15(3)4)14-19-11-8-9-16(12-19)20-7-2/h15-16,18H,6-14H2,1-5H3. The monoisotopic (exact) mass is 284 g/mol. The van der Waals surface area contributed by atoms with Crippen molar-refractivity contribution in [1.29, 1.82) is 0 Å². The lowest BCUT2D eigenvalue weighted by molar-refractivity contribution is -0.00626. The van der Waals surface area contributed by atoms with Gasteiger partial charge in [-0.25, -0.2) is 0 Å². The molecule has 0 aromatic rings. The van der Waals surface area contributed by atoms with Crippen LogP contribution in [0.4, 0.5) is 0 Å². The summed E-state index contributed by atoms with van der Waals surface area (Å²) in [4.78, 5) is 2.63. The molecule has 0 aromatic carbocycles. The molecule has 120 valence electrons. The zero-order valence-corrected chi connectivity index (χ0v) is 14.4. The van der Waals surface area contributed by atoms with Crippen LogP contribution in [0.5, 0.6) is 0 Å². The normalized spacial score (nSPS) is 24.0. The molecule has 1 rings (SSSR count). The third kappa shape index (κ3) is 6.55. The predicted octanol–water partition coefficient (Wildman–Crippen LogP) is 3.29. The van der Waals surface area contributed by atoms with Crippen molar-refractivity contribution >= 4 is 0 Å². The first-order valence-corrected chi connectivity index (χ1v) is 8.56. The summed E-state index contributed by atoms with van der Waals surface area (Å²) in [5, 5.41) is 3.64. The van der Waals surface area contributed by atoms with Crippen LogP contribution < -0.4 is 5.32 Å². The van der Waals surface area contributed by atoms with Crippen LogP contribution in [0.15, 0.2) is 0 Å². The van der Waals surface area contributed by atoms with Gasteiger partial charge in [-0.05, 0) is 38.1 Å². The Morgan fingerprint density at radius 3 is 2.70 bits per heavy atom. The van der Waals surface area contributed by atoms with Gasteiger partial charge in [-0.2, -0.15) is 0 Å². The molecule has 0 aromatic heterocycles. The van der Waals surface area contributed by atoms with Crippen LogP contribution in [0.2, 0.25) is 0 Å². The van der Waals surface area contributed by atoms with Gasteiger partial charge in [0.25, 0.3) is 0 Å². The zero-order valence-electron chi connectivity index (χ0n) is 14.4. The summed E-state index contributed by atoms with van der Waals surface area (Å²) in [7, 11) is 0. The van der Waals surface area contributed by atoms with Gasteiger partial charge in [-0.15, -0.1) is 0 Å². The summed E-state index contributed by atoms with van der Waals surface area (Å²) in [6, 6.07) is 0.573. The average Bonchev–Trinajstić information content (AvgIpc) is 2.38. The summed E-state index contributed by atoms with van der Waals surface area (Å²) in [5.74, 6) is 0. The Hall–Kier alpha value is -0.120. The highest BCUT2D eigenvalue weighted by atomic mass is 16.5. The Labute approximate surface area is 126 Å². The average molecular weight is 284 g/mol. The van der Waals surface area contributed by atoms with E-state index in [0.717, 1.165) is 19.7 Å². The van der Waals surface area contributed by atoms with E-state index in [1.54, 1.807) is 0 Å². The predicted molar refractivity (Wildman–Crippen MR) is 87.2 cm³/mol. The number of piperidine rings is 1. The molecular formula is C17H36N2O. The van der Waals surface area contributed by atoms with Gasteiger partial charge in [0.15, 0.2) is 0 Å². The Morgan fingerprint density at radius 2 is 2.10 bits per heavy atom. The molecule has 1 saturated heterocycles. The van der Waals surface area contributed by atoms with Crippen molar-refractivity contribution in [3.05, 3.63) is 0 Å². The van der Waals surface area contributed by atoms with E-state index in [4.69, 9.17) is 4.74 Å². The Bertz CT molecular complexity index is 255. The maximum atomic E-state index is 5.83. The van der Waals surface area contributed by atoms with Crippen LogP contribution in [0, 0.1) is 5.41 Å². The maximum Gasteiger partial charge on any atom is 0.0702 e. The Kier molecular flexibility index (Phi) is 8.08. The second kappa shape index (κ2) is 9.01. The van der Waals surface area contributed by atoms with Gasteiger partial charge in [0.05, 0.1) is 6.10 Å². The molecule has 0 amide bonds. The van der Waals surface area contributed by atoms with Crippen LogP contribution in [0.25, 0.3) is 0 Å². The third-order valence-corrected chi connectivity index (χ3v) is 4.26. The molecule has 2 atom stereocenters. The van der Waals surface area contributed by atoms with Crippen molar-refractivity contribution in [2.75, 3.05) is 32.8 Å². The molecule has 1 aliphatic rings. The second-order valence-electron chi connectivity index (χ2n) is 7.05. The van der Waals surface area contributed by atoms with Crippen molar-refractivity contribution in [1.82, 2.24) is 10.2 Å². The first-order valence-electron chi connectivity index (χ1n) is 8.56. The summed E-state index contributed by atoms with van der Waals surface area (Å²) < 4.78 is 5.83. The van der Waals surface area contributed by atoms with E-state index in [2.05, 4.69) is 44.8 Å². The highest BCUT2D eigenvalue weighted by Crippen LogP contribution is 2.26. The number of hydrogen-bond acceptors (Lipinski definition) is 3. The minimum Gasteiger partial charge on any atom is -0.377 e. The number of nitrogens with one attached hydrogen (secondary N) is 1. The molecule has 1 heterocycles. The van der Waals surface area contributed by atoms with E-state index in [1.165, 1.54) is 38.8 Å². The molecule has 0 bridgehead atoms. The second-order valence-corrected chi connectivity index (χ2v) is 7.05. The number of nitrogens with zero attached hydrogens (tertiary/aromatic N) is 1. The molecule has 0 spiro atoms. The van der Waals surface area contributed by atoms with Crippen molar-refractivity contribution < 1.29 is 4.74 Å². The van der Waals surface area contributed by atoms with Crippen molar-refractivity contribution in [2.24, 2.45) is 5.41 Å². The first kappa shape index (κ1) is 17.9. The van der Waals surface area contributed by atoms with Gasteiger partial charge in [-0.3, -0.25) is 0 Å². The molecule has 2 unspecified atom stereocenters. The van der Waals surface area contributed by atoms with E-state index in [1.807, 2.05) is 0 Å². The van der Waals surface area contributed by atoms with E-state index in [9.17, 15) is 0 Å². The van der Waals surface area contributed by atoms with E-state index < -0.39 is 0 Å². The molecule has 1 fully saturated rings. The van der Waals surface area contributed by atoms with Gasteiger partial charge in [0.2, 0.25) is 0 Å². The van der Waals surface area contributed by atoms with Crippen molar-refractivity contribution in [3.63, 3.8) is 0 Å². The quantitative estimate of drug-likeness (QED) is 0.703. The minimum absolute atomic E-state index is 0.382. The smallest absolute Gasteiger partial charge is 0.0702 e. The SMILES string of the molecule is CCCC(C)(CNC(C)C)CN1CCCC(OCC)C1. The fourth-order valence-corrected chi connectivity index (χ4v) is 3.35. The van der Waals surface area contributed by atoms with Crippen LogP contribution >= 0.6 is 0 Å². The summed E-state index contributed by atoms with van der Waals surface area (Å²) >= 11 is 0. The van der Waals surface area contributed by atoms with Gasteiger partial charge in [0.1, 0.15) is 0 Å². The highest BCUT2D eigenvalue weighted by Gasteiger charge is 2.29. The molecule has 0 aliphatic carbocycles. The topological polar surface area (TPSA) is 24.5 Å². The summed E-state index contributed by atoms with van der Waals surface area (Å²) in [5.41, 5.74) is 0.382. The van der Waals surface area contributed by atoms with Crippen LogP contribution in [-0.2, 0) is 4.74 Å². The van der Waals surface area contributed by atoms with Gasteiger partial charge in [-0.1, -0.05) is 34.1 Å². The van der Waals surface area contributed by atoms with Crippen LogP contribution in [0.3, 0.4) is 0 Å². The number of rotatable bonds is 9. The fourth-order valence-electron chi connectivity index (χ4n) is 3.35. The molecule has 0 radical (unpaired) electrons.